The Kier molecular flexibility index (Phi) is 6.57. The largest absolute Gasteiger partial charge is 0.317 e. The van der Waals surface area contributed by atoms with Crippen LogP contribution in [0.3, 0.4) is 0 Å². The fourth-order valence-electron chi connectivity index (χ4n) is 1.87. The zero-order valence-corrected chi connectivity index (χ0v) is 13.0. The van der Waals surface area contributed by atoms with Crippen molar-refractivity contribution in [2.75, 3.05) is 13.1 Å². The molecule has 0 bridgehead atoms. The molecule has 5 heteroatoms. The SMILES string of the molecule is CCNCCC(=O)Cc1c(Br)c(CC)nn1CC. The molecule has 0 atom stereocenters. The molecule has 4 nitrogen and oxygen atoms in total. The van der Waals surface area contributed by atoms with Gasteiger partial charge in [-0.25, -0.2) is 0 Å². The van der Waals surface area contributed by atoms with Crippen LogP contribution in [0, 0.1) is 0 Å². The first-order valence-electron chi connectivity index (χ1n) is 6.60. The average molecular weight is 316 g/mol. The summed E-state index contributed by atoms with van der Waals surface area (Å²) in [6.45, 7) is 8.63. The van der Waals surface area contributed by atoms with Crippen molar-refractivity contribution in [1.29, 1.82) is 0 Å². The second kappa shape index (κ2) is 7.69. The third kappa shape index (κ3) is 3.92. The van der Waals surface area contributed by atoms with Gasteiger partial charge in [0, 0.05) is 25.9 Å². The molecule has 0 radical (unpaired) electrons. The first kappa shape index (κ1) is 15.4. The van der Waals surface area contributed by atoms with Gasteiger partial charge < -0.3 is 5.32 Å². The highest BCUT2D eigenvalue weighted by Crippen LogP contribution is 2.23. The second-order valence-corrected chi connectivity index (χ2v) is 4.99. The summed E-state index contributed by atoms with van der Waals surface area (Å²) in [5.74, 6) is 0.258. The van der Waals surface area contributed by atoms with Crippen molar-refractivity contribution in [3.05, 3.63) is 15.9 Å². The third-order valence-electron chi connectivity index (χ3n) is 2.89. The smallest absolute Gasteiger partial charge is 0.140 e. The maximum absolute atomic E-state index is 11.9. The van der Waals surface area contributed by atoms with Crippen LogP contribution in [0.4, 0.5) is 0 Å². The molecule has 0 unspecified atom stereocenters. The van der Waals surface area contributed by atoms with E-state index in [0.29, 0.717) is 12.8 Å². The lowest BCUT2D eigenvalue weighted by atomic mass is 10.1. The van der Waals surface area contributed by atoms with Crippen LogP contribution in [0.1, 0.15) is 38.6 Å². The summed E-state index contributed by atoms with van der Waals surface area (Å²) in [6.07, 6.45) is 1.93. The number of hydrogen-bond acceptors (Lipinski definition) is 3. The summed E-state index contributed by atoms with van der Waals surface area (Å²) in [5.41, 5.74) is 2.04. The normalized spacial score (nSPS) is 10.9. The molecule has 0 aromatic carbocycles. The molecule has 0 saturated heterocycles. The van der Waals surface area contributed by atoms with Crippen LogP contribution in [-0.2, 0) is 24.2 Å². The van der Waals surface area contributed by atoms with Crippen LogP contribution in [0.25, 0.3) is 0 Å². The second-order valence-electron chi connectivity index (χ2n) is 4.20. The zero-order chi connectivity index (χ0) is 13.5. The molecular formula is C13H22BrN3O. The molecule has 1 aromatic heterocycles. The van der Waals surface area contributed by atoms with Gasteiger partial charge in [0.15, 0.2) is 0 Å². The lowest BCUT2D eigenvalue weighted by Gasteiger charge is -2.05. The number of Topliss-reactive ketones (excluding diaryl/α,β-unsaturated/α-hetero) is 1. The molecule has 1 rings (SSSR count). The molecule has 18 heavy (non-hydrogen) atoms. The van der Waals surface area contributed by atoms with E-state index in [9.17, 15) is 4.79 Å². The van der Waals surface area contributed by atoms with Crippen LogP contribution in [0.2, 0.25) is 0 Å². The lowest BCUT2D eigenvalue weighted by Crippen LogP contribution is -2.19. The summed E-state index contributed by atoms with van der Waals surface area (Å²) in [6, 6.07) is 0. The van der Waals surface area contributed by atoms with Crippen LogP contribution >= 0.6 is 15.9 Å². The number of nitrogens with zero attached hydrogens (tertiary/aromatic N) is 2. The van der Waals surface area contributed by atoms with Gasteiger partial charge in [0.1, 0.15) is 5.78 Å². The van der Waals surface area contributed by atoms with Gasteiger partial charge in [-0.15, -0.1) is 0 Å². The standard InChI is InChI=1S/C13H22BrN3O/c1-4-11-13(14)12(17(6-3)16-11)9-10(18)7-8-15-5-2/h15H,4-9H2,1-3H3. The van der Waals surface area contributed by atoms with Crippen molar-refractivity contribution in [3.8, 4) is 0 Å². The van der Waals surface area contributed by atoms with Crippen LogP contribution in [0.5, 0.6) is 0 Å². The van der Waals surface area contributed by atoms with Crippen molar-refractivity contribution >= 4 is 21.7 Å². The highest BCUT2D eigenvalue weighted by atomic mass is 79.9. The molecule has 0 aliphatic heterocycles. The highest BCUT2D eigenvalue weighted by Gasteiger charge is 2.16. The van der Waals surface area contributed by atoms with E-state index in [0.717, 1.165) is 41.9 Å². The molecule has 0 aliphatic rings. The fraction of sp³-hybridized carbons (Fsp3) is 0.692. The Bertz CT molecular complexity index is 401. The van der Waals surface area contributed by atoms with Crippen molar-refractivity contribution in [1.82, 2.24) is 15.1 Å². The van der Waals surface area contributed by atoms with Crippen molar-refractivity contribution in [2.45, 2.75) is 46.6 Å². The maximum atomic E-state index is 11.9. The molecule has 1 N–H and O–H groups in total. The number of aryl methyl sites for hydroxylation is 2. The molecule has 0 aliphatic carbocycles. The van der Waals surface area contributed by atoms with E-state index >= 15 is 0 Å². The predicted octanol–water partition coefficient (Wildman–Crippen LogP) is 2.34. The Morgan fingerprint density at radius 1 is 1.39 bits per heavy atom. The van der Waals surface area contributed by atoms with Gasteiger partial charge >= 0.3 is 0 Å². The molecule has 1 aromatic rings. The minimum Gasteiger partial charge on any atom is -0.317 e. The van der Waals surface area contributed by atoms with E-state index in [4.69, 9.17) is 0 Å². The Morgan fingerprint density at radius 2 is 2.11 bits per heavy atom. The minimum atomic E-state index is 0.258. The van der Waals surface area contributed by atoms with E-state index in [-0.39, 0.29) is 5.78 Å². The molecule has 102 valence electrons. The van der Waals surface area contributed by atoms with E-state index in [1.54, 1.807) is 0 Å². The fourth-order valence-corrected chi connectivity index (χ4v) is 2.57. The van der Waals surface area contributed by atoms with Crippen LogP contribution < -0.4 is 5.32 Å². The first-order valence-corrected chi connectivity index (χ1v) is 7.39. The van der Waals surface area contributed by atoms with Crippen LogP contribution in [-0.4, -0.2) is 28.7 Å². The number of rotatable bonds is 8. The average Bonchev–Trinajstić information content (AvgIpc) is 2.66. The highest BCUT2D eigenvalue weighted by molar-refractivity contribution is 9.10. The van der Waals surface area contributed by atoms with E-state index in [2.05, 4.69) is 33.3 Å². The number of ketones is 1. The van der Waals surface area contributed by atoms with E-state index in [1.807, 2.05) is 18.5 Å². The number of carbonyl (C=O) groups excluding carboxylic acids is 1. The Balaban J connectivity index is 2.70. The van der Waals surface area contributed by atoms with Gasteiger partial charge in [-0.05, 0) is 35.8 Å². The monoisotopic (exact) mass is 315 g/mol. The number of hydrogen-bond donors (Lipinski definition) is 1. The van der Waals surface area contributed by atoms with Crippen LogP contribution in [0.15, 0.2) is 4.47 Å². The summed E-state index contributed by atoms with van der Waals surface area (Å²) in [5, 5.41) is 7.67. The summed E-state index contributed by atoms with van der Waals surface area (Å²) < 4.78 is 2.93. The predicted molar refractivity (Wildman–Crippen MR) is 76.9 cm³/mol. The van der Waals surface area contributed by atoms with E-state index < -0.39 is 0 Å². The van der Waals surface area contributed by atoms with Gasteiger partial charge in [-0.1, -0.05) is 13.8 Å². The minimum absolute atomic E-state index is 0.258. The van der Waals surface area contributed by atoms with Crippen molar-refractivity contribution in [3.63, 3.8) is 0 Å². The number of carbonyl (C=O) groups is 1. The topological polar surface area (TPSA) is 46.9 Å². The summed E-state index contributed by atoms with van der Waals surface area (Å²) in [4.78, 5) is 11.9. The molecule has 0 saturated carbocycles. The zero-order valence-electron chi connectivity index (χ0n) is 11.4. The third-order valence-corrected chi connectivity index (χ3v) is 3.80. The Hall–Kier alpha value is -0.680. The van der Waals surface area contributed by atoms with Gasteiger partial charge in [0.25, 0.3) is 0 Å². The Labute approximate surface area is 117 Å². The van der Waals surface area contributed by atoms with Crippen molar-refractivity contribution in [2.24, 2.45) is 0 Å². The summed E-state index contributed by atoms with van der Waals surface area (Å²) in [7, 11) is 0. The molecule has 0 fully saturated rings. The van der Waals surface area contributed by atoms with Gasteiger partial charge in [0.2, 0.25) is 0 Å². The molecule has 1 heterocycles. The number of aromatic nitrogens is 2. The lowest BCUT2D eigenvalue weighted by molar-refractivity contribution is -0.118. The number of nitrogens with one attached hydrogen (secondary N) is 1. The number of halogens is 1. The molecule has 0 spiro atoms. The Morgan fingerprint density at radius 3 is 2.67 bits per heavy atom. The molecular weight excluding hydrogens is 294 g/mol. The quantitative estimate of drug-likeness (QED) is 0.749. The maximum Gasteiger partial charge on any atom is 0.140 e. The van der Waals surface area contributed by atoms with Gasteiger partial charge in [-0.3, -0.25) is 9.48 Å². The van der Waals surface area contributed by atoms with E-state index in [1.165, 1.54) is 0 Å². The summed E-state index contributed by atoms with van der Waals surface area (Å²) >= 11 is 3.56. The van der Waals surface area contributed by atoms with Crippen molar-refractivity contribution < 1.29 is 4.79 Å². The van der Waals surface area contributed by atoms with Gasteiger partial charge in [0.05, 0.1) is 15.9 Å². The van der Waals surface area contributed by atoms with Gasteiger partial charge in [-0.2, -0.15) is 5.10 Å². The molecule has 0 amide bonds. The first-order chi connectivity index (χ1) is 8.63.